The van der Waals surface area contributed by atoms with Gasteiger partial charge in [-0.3, -0.25) is 4.79 Å². The number of nitrogens with zero attached hydrogens (tertiary/aromatic N) is 1. The molecule has 0 N–H and O–H groups in total. The van der Waals surface area contributed by atoms with Crippen molar-refractivity contribution in [1.82, 2.24) is 4.90 Å². The van der Waals surface area contributed by atoms with Crippen molar-refractivity contribution in [1.29, 1.82) is 0 Å². The van der Waals surface area contributed by atoms with Gasteiger partial charge in [0.15, 0.2) is 11.1 Å². The maximum Gasteiger partial charge on any atom is 0.256 e. The van der Waals surface area contributed by atoms with Gasteiger partial charge in [0.1, 0.15) is 0 Å². The predicted molar refractivity (Wildman–Crippen MR) is 67.2 cm³/mol. The SMILES string of the molecule is CCN(CC1OCC(C)C(C)O1)C(=O)C(Cl)Cl. The van der Waals surface area contributed by atoms with Crippen LogP contribution in [0.5, 0.6) is 0 Å². The summed E-state index contributed by atoms with van der Waals surface area (Å²) in [6, 6.07) is 0. The Bertz CT molecular complexity index is 263. The number of rotatable bonds is 4. The van der Waals surface area contributed by atoms with Crippen LogP contribution in [0.25, 0.3) is 0 Å². The van der Waals surface area contributed by atoms with E-state index >= 15 is 0 Å². The van der Waals surface area contributed by atoms with Crippen molar-refractivity contribution in [2.24, 2.45) is 5.92 Å². The minimum absolute atomic E-state index is 0.130. The Hall–Kier alpha value is -0.0300. The van der Waals surface area contributed by atoms with E-state index in [2.05, 4.69) is 6.92 Å². The fourth-order valence-corrected chi connectivity index (χ4v) is 1.87. The van der Waals surface area contributed by atoms with E-state index in [1.165, 1.54) is 4.90 Å². The molecule has 1 amide bonds. The van der Waals surface area contributed by atoms with Gasteiger partial charge in [0.05, 0.1) is 19.3 Å². The van der Waals surface area contributed by atoms with Gasteiger partial charge >= 0.3 is 0 Å². The van der Waals surface area contributed by atoms with Crippen LogP contribution in [0.3, 0.4) is 0 Å². The lowest BCUT2D eigenvalue weighted by atomic mass is 10.1. The summed E-state index contributed by atoms with van der Waals surface area (Å²) in [5.41, 5.74) is 0. The number of alkyl halides is 2. The molecule has 1 rings (SSSR count). The number of carbonyl (C=O) groups excluding carboxylic acids is 1. The van der Waals surface area contributed by atoms with E-state index in [0.29, 0.717) is 25.6 Å². The molecule has 1 aliphatic heterocycles. The number of carbonyl (C=O) groups is 1. The van der Waals surface area contributed by atoms with Crippen molar-refractivity contribution in [3.63, 3.8) is 0 Å². The van der Waals surface area contributed by atoms with Gasteiger partial charge in [-0.25, -0.2) is 0 Å². The van der Waals surface area contributed by atoms with E-state index < -0.39 is 11.1 Å². The van der Waals surface area contributed by atoms with Gasteiger partial charge in [-0.1, -0.05) is 30.1 Å². The second-order valence-electron chi connectivity index (χ2n) is 4.26. The minimum atomic E-state index is -1.03. The van der Waals surface area contributed by atoms with Gasteiger partial charge in [-0.2, -0.15) is 0 Å². The third kappa shape index (κ3) is 4.28. The van der Waals surface area contributed by atoms with Crippen molar-refractivity contribution >= 4 is 29.1 Å². The molecule has 1 heterocycles. The maximum absolute atomic E-state index is 11.6. The van der Waals surface area contributed by atoms with Crippen LogP contribution in [0.15, 0.2) is 0 Å². The molecule has 0 aliphatic carbocycles. The molecule has 0 aromatic heterocycles. The average Bonchev–Trinajstić information content (AvgIpc) is 2.29. The average molecular weight is 284 g/mol. The number of likely N-dealkylation sites (N-methyl/N-ethyl adjacent to an activating group) is 1. The fourth-order valence-electron chi connectivity index (χ4n) is 1.60. The molecular weight excluding hydrogens is 265 g/mol. The zero-order valence-electron chi connectivity index (χ0n) is 10.4. The van der Waals surface area contributed by atoms with Gasteiger partial charge in [0.2, 0.25) is 0 Å². The smallest absolute Gasteiger partial charge is 0.256 e. The molecule has 1 aliphatic rings. The molecule has 0 spiro atoms. The third-order valence-corrected chi connectivity index (χ3v) is 3.34. The van der Waals surface area contributed by atoms with Crippen molar-refractivity contribution in [2.75, 3.05) is 19.7 Å². The summed E-state index contributed by atoms with van der Waals surface area (Å²) < 4.78 is 11.2. The Kier molecular flexibility index (Phi) is 6.00. The van der Waals surface area contributed by atoms with E-state index in [-0.39, 0.29) is 12.0 Å². The Morgan fingerprint density at radius 1 is 1.47 bits per heavy atom. The van der Waals surface area contributed by atoms with Crippen molar-refractivity contribution in [3.05, 3.63) is 0 Å². The van der Waals surface area contributed by atoms with Gasteiger partial charge in [0, 0.05) is 12.5 Å². The molecule has 3 atom stereocenters. The monoisotopic (exact) mass is 283 g/mol. The number of halogens is 2. The summed E-state index contributed by atoms with van der Waals surface area (Å²) in [5, 5.41) is 0. The van der Waals surface area contributed by atoms with Gasteiger partial charge in [-0.05, 0) is 13.8 Å². The number of amides is 1. The first-order valence-corrected chi connectivity index (χ1v) is 6.67. The standard InChI is InChI=1S/C11H19Cl2NO3/c1-4-14(11(15)10(12)13)5-9-16-6-7(2)8(3)17-9/h7-10H,4-6H2,1-3H3. The van der Waals surface area contributed by atoms with Crippen molar-refractivity contribution < 1.29 is 14.3 Å². The molecule has 6 heteroatoms. The molecule has 0 aromatic rings. The summed E-state index contributed by atoms with van der Waals surface area (Å²) in [6.07, 6.45) is -0.262. The molecule has 4 nitrogen and oxygen atoms in total. The van der Waals surface area contributed by atoms with Gasteiger partial charge in [-0.15, -0.1) is 0 Å². The zero-order chi connectivity index (χ0) is 13.0. The van der Waals surface area contributed by atoms with Crippen LogP contribution in [0.4, 0.5) is 0 Å². The summed E-state index contributed by atoms with van der Waals surface area (Å²) in [6.45, 7) is 7.47. The Morgan fingerprint density at radius 3 is 2.59 bits per heavy atom. The van der Waals surface area contributed by atoms with Crippen LogP contribution in [0.2, 0.25) is 0 Å². The third-order valence-electron chi connectivity index (χ3n) is 2.96. The van der Waals surface area contributed by atoms with Crippen LogP contribution in [0, 0.1) is 5.92 Å². The van der Waals surface area contributed by atoms with E-state index in [9.17, 15) is 4.79 Å². The van der Waals surface area contributed by atoms with E-state index in [0.717, 1.165) is 0 Å². The quantitative estimate of drug-likeness (QED) is 0.741. The maximum atomic E-state index is 11.6. The first-order valence-electron chi connectivity index (χ1n) is 5.79. The van der Waals surface area contributed by atoms with Crippen LogP contribution in [-0.4, -0.2) is 47.7 Å². The van der Waals surface area contributed by atoms with E-state index in [4.69, 9.17) is 32.7 Å². The molecule has 1 saturated heterocycles. The van der Waals surface area contributed by atoms with Crippen LogP contribution in [-0.2, 0) is 14.3 Å². The number of hydrogen-bond donors (Lipinski definition) is 0. The summed E-state index contributed by atoms with van der Waals surface area (Å²) in [5.74, 6) is 0.0557. The molecule has 0 aromatic carbocycles. The van der Waals surface area contributed by atoms with Crippen LogP contribution >= 0.6 is 23.2 Å². The van der Waals surface area contributed by atoms with E-state index in [1.54, 1.807) is 0 Å². The Balaban J connectivity index is 2.49. The second-order valence-corrected chi connectivity index (χ2v) is 5.36. The Morgan fingerprint density at radius 2 is 2.12 bits per heavy atom. The van der Waals surface area contributed by atoms with Gasteiger partial charge in [0.25, 0.3) is 5.91 Å². The lowest BCUT2D eigenvalue weighted by Crippen LogP contribution is -2.46. The Labute approximate surface area is 112 Å². The highest BCUT2D eigenvalue weighted by Crippen LogP contribution is 2.19. The van der Waals surface area contributed by atoms with Crippen molar-refractivity contribution in [2.45, 2.75) is 38.0 Å². The number of hydrogen-bond acceptors (Lipinski definition) is 3. The minimum Gasteiger partial charge on any atom is -0.350 e. The van der Waals surface area contributed by atoms with Crippen LogP contribution < -0.4 is 0 Å². The normalized spacial score (nSPS) is 29.4. The first kappa shape index (κ1) is 15.0. The molecule has 0 bridgehead atoms. The van der Waals surface area contributed by atoms with E-state index in [1.807, 2.05) is 13.8 Å². The molecule has 0 radical (unpaired) electrons. The largest absolute Gasteiger partial charge is 0.350 e. The fraction of sp³-hybridized carbons (Fsp3) is 0.909. The molecular formula is C11H19Cl2NO3. The summed E-state index contributed by atoms with van der Waals surface area (Å²) in [7, 11) is 0. The van der Waals surface area contributed by atoms with Gasteiger partial charge < -0.3 is 14.4 Å². The lowest BCUT2D eigenvalue weighted by Gasteiger charge is -2.35. The second kappa shape index (κ2) is 6.78. The predicted octanol–water partition coefficient (Wildman–Crippen LogP) is 2.04. The highest BCUT2D eigenvalue weighted by Gasteiger charge is 2.29. The molecule has 0 saturated carbocycles. The van der Waals surface area contributed by atoms with Crippen LogP contribution in [0.1, 0.15) is 20.8 Å². The summed E-state index contributed by atoms with van der Waals surface area (Å²) >= 11 is 11.1. The molecule has 3 unspecified atom stereocenters. The van der Waals surface area contributed by atoms with Crippen molar-refractivity contribution in [3.8, 4) is 0 Å². The molecule has 100 valence electrons. The lowest BCUT2D eigenvalue weighted by molar-refractivity contribution is -0.233. The number of ether oxygens (including phenoxy) is 2. The topological polar surface area (TPSA) is 38.8 Å². The molecule has 1 fully saturated rings. The molecule has 17 heavy (non-hydrogen) atoms. The highest BCUT2D eigenvalue weighted by molar-refractivity contribution is 6.53. The first-order chi connectivity index (χ1) is 7.95. The summed E-state index contributed by atoms with van der Waals surface area (Å²) in [4.78, 5) is 12.2. The highest BCUT2D eigenvalue weighted by atomic mass is 35.5. The zero-order valence-corrected chi connectivity index (χ0v) is 11.9.